The zero-order valence-corrected chi connectivity index (χ0v) is 14.6. The summed E-state index contributed by atoms with van der Waals surface area (Å²) >= 11 is 0. The van der Waals surface area contributed by atoms with E-state index in [4.69, 9.17) is 0 Å². The number of piperidine rings is 1. The van der Waals surface area contributed by atoms with Crippen molar-refractivity contribution in [3.8, 4) is 5.75 Å². The number of hydrogen-bond donors (Lipinski definition) is 1. The van der Waals surface area contributed by atoms with E-state index in [1.807, 2.05) is 12.1 Å². The lowest BCUT2D eigenvalue weighted by molar-refractivity contribution is 0.0298. The minimum absolute atomic E-state index is 0.228. The molecule has 2 heteroatoms. The van der Waals surface area contributed by atoms with Crippen LogP contribution in [0.25, 0.3) is 0 Å². The Bertz CT molecular complexity index is 539. The van der Waals surface area contributed by atoms with E-state index in [2.05, 4.69) is 38.7 Å². The van der Waals surface area contributed by atoms with Crippen molar-refractivity contribution < 1.29 is 5.11 Å². The number of phenols is 1. The Balaban J connectivity index is 1.82. The van der Waals surface area contributed by atoms with E-state index in [1.165, 1.54) is 43.5 Å². The van der Waals surface area contributed by atoms with E-state index in [-0.39, 0.29) is 5.41 Å². The van der Waals surface area contributed by atoms with Gasteiger partial charge in [-0.05, 0) is 79.3 Å². The molecule has 0 spiro atoms. The maximum absolute atomic E-state index is 9.90. The van der Waals surface area contributed by atoms with Gasteiger partial charge in [0.1, 0.15) is 5.75 Å². The van der Waals surface area contributed by atoms with Crippen molar-refractivity contribution in [3.05, 3.63) is 29.3 Å². The minimum Gasteiger partial charge on any atom is -0.508 e. The third kappa shape index (κ3) is 2.67. The molecule has 3 rings (SSSR count). The summed E-state index contributed by atoms with van der Waals surface area (Å²) in [5.74, 6) is 1.89. The molecule has 0 radical (unpaired) electrons. The fourth-order valence-corrected chi connectivity index (χ4v) is 4.68. The van der Waals surface area contributed by atoms with Crippen LogP contribution in [0.4, 0.5) is 0 Å². The number of phenolic OH excluding ortho intramolecular Hbond substituents is 1. The molecule has 1 aliphatic heterocycles. The normalized spacial score (nSPS) is 31.3. The predicted molar refractivity (Wildman–Crippen MR) is 92.4 cm³/mol. The zero-order valence-electron chi connectivity index (χ0n) is 14.6. The molecule has 0 saturated carbocycles. The number of benzene rings is 1. The van der Waals surface area contributed by atoms with Gasteiger partial charge in [-0.15, -0.1) is 0 Å². The molecule has 1 heterocycles. The fraction of sp³-hybridized carbons (Fsp3) is 0.700. The van der Waals surface area contributed by atoms with Crippen molar-refractivity contribution in [1.29, 1.82) is 0 Å². The Kier molecular flexibility index (Phi) is 4.24. The molecular weight excluding hydrogens is 270 g/mol. The molecule has 0 aromatic heterocycles. The molecule has 3 atom stereocenters. The van der Waals surface area contributed by atoms with Gasteiger partial charge in [0.25, 0.3) is 0 Å². The van der Waals surface area contributed by atoms with E-state index >= 15 is 0 Å². The molecule has 1 aromatic rings. The molecule has 1 N–H and O–H groups in total. The van der Waals surface area contributed by atoms with Crippen LogP contribution in [0.5, 0.6) is 5.75 Å². The molecule has 1 aromatic carbocycles. The second kappa shape index (κ2) is 5.88. The highest BCUT2D eigenvalue weighted by atomic mass is 16.3. The highest BCUT2D eigenvalue weighted by Crippen LogP contribution is 2.49. The number of rotatable bonds is 4. The number of aromatic hydroxyl groups is 1. The van der Waals surface area contributed by atoms with Crippen LogP contribution < -0.4 is 0 Å². The first-order chi connectivity index (χ1) is 10.4. The molecule has 122 valence electrons. The summed E-state index contributed by atoms with van der Waals surface area (Å²) < 4.78 is 0. The van der Waals surface area contributed by atoms with E-state index in [1.54, 1.807) is 0 Å². The highest BCUT2D eigenvalue weighted by molar-refractivity contribution is 5.44. The summed E-state index contributed by atoms with van der Waals surface area (Å²) in [6.07, 6.45) is 5.01. The van der Waals surface area contributed by atoms with Crippen molar-refractivity contribution in [3.63, 3.8) is 0 Å². The largest absolute Gasteiger partial charge is 0.508 e. The smallest absolute Gasteiger partial charge is 0.115 e. The summed E-state index contributed by atoms with van der Waals surface area (Å²) in [7, 11) is 0. The van der Waals surface area contributed by atoms with Crippen LogP contribution in [0.1, 0.15) is 58.1 Å². The Morgan fingerprint density at radius 2 is 2.14 bits per heavy atom. The molecule has 2 aliphatic rings. The second-order valence-electron chi connectivity index (χ2n) is 8.14. The molecule has 2 bridgehead atoms. The Morgan fingerprint density at radius 1 is 1.36 bits per heavy atom. The van der Waals surface area contributed by atoms with E-state index in [0.29, 0.717) is 17.7 Å². The minimum atomic E-state index is 0.228. The van der Waals surface area contributed by atoms with Crippen LogP contribution in [-0.2, 0) is 11.8 Å². The van der Waals surface area contributed by atoms with Gasteiger partial charge in [0, 0.05) is 6.04 Å². The van der Waals surface area contributed by atoms with Gasteiger partial charge < -0.3 is 5.11 Å². The SMILES string of the molecule is CC(C)CCCN1CC[C@]2(C)c3cc(O)ccc3C[C@H]1[C@H]2C. The van der Waals surface area contributed by atoms with Crippen LogP contribution in [0.15, 0.2) is 18.2 Å². The lowest BCUT2D eigenvalue weighted by atomic mass is 9.59. The quantitative estimate of drug-likeness (QED) is 0.893. The molecule has 2 nitrogen and oxygen atoms in total. The lowest BCUT2D eigenvalue weighted by Gasteiger charge is -2.54. The monoisotopic (exact) mass is 301 g/mol. The molecule has 0 amide bonds. The second-order valence-corrected chi connectivity index (χ2v) is 8.14. The van der Waals surface area contributed by atoms with Gasteiger partial charge in [-0.3, -0.25) is 4.90 Å². The standard InChI is InChI=1S/C20H31NO/c1-14(2)6-5-10-21-11-9-20(4)15(3)19(21)12-16-7-8-17(22)13-18(16)20/h7-8,13-15,19,22H,5-6,9-12H2,1-4H3/t15-,19+,20+/m1/s1. The first kappa shape index (κ1) is 15.9. The van der Waals surface area contributed by atoms with Gasteiger partial charge in [-0.2, -0.15) is 0 Å². The van der Waals surface area contributed by atoms with Crippen LogP contribution >= 0.6 is 0 Å². The van der Waals surface area contributed by atoms with Crippen LogP contribution in [-0.4, -0.2) is 29.1 Å². The first-order valence-electron chi connectivity index (χ1n) is 8.98. The van der Waals surface area contributed by atoms with Crippen molar-refractivity contribution in [2.75, 3.05) is 13.1 Å². The third-order valence-electron chi connectivity index (χ3n) is 6.33. The van der Waals surface area contributed by atoms with Crippen LogP contribution in [0.2, 0.25) is 0 Å². The molecule has 1 fully saturated rings. The number of nitrogens with zero attached hydrogens (tertiary/aromatic N) is 1. The van der Waals surface area contributed by atoms with Gasteiger partial charge in [-0.1, -0.05) is 33.8 Å². The van der Waals surface area contributed by atoms with Crippen LogP contribution in [0, 0.1) is 11.8 Å². The zero-order chi connectivity index (χ0) is 15.9. The van der Waals surface area contributed by atoms with E-state index < -0.39 is 0 Å². The number of likely N-dealkylation sites (tertiary alicyclic amines) is 1. The molecular formula is C20H31NO. The Hall–Kier alpha value is -1.02. The maximum Gasteiger partial charge on any atom is 0.115 e. The molecule has 0 unspecified atom stereocenters. The first-order valence-corrected chi connectivity index (χ1v) is 8.98. The van der Waals surface area contributed by atoms with Gasteiger partial charge in [0.05, 0.1) is 0 Å². The summed E-state index contributed by atoms with van der Waals surface area (Å²) in [6, 6.07) is 6.70. The topological polar surface area (TPSA) is 23.5 Å². The third-order valence-corrected chi connectivity index (χ3v) is 6.33. The van der Waals surface area contributed by atoms with Crippen molar-refractivity contribution in [2.24, 2.45) is 11.8 Å². The van der Waals surface area contributed by atoms with Crippen molar-refractivity contribution in [1.82, 2.24) is 4.90 Å². The van der Waals surface area contributed by atoms with Crippen LogP contribution in [0.3, 0.4) is 0 Å². The highest BCUT2D eigenvalue weighted by Gasteiger charge is 2.48. The predicted octanol–water partition coefficient (Wildman–Crippen LogP) is 4.35. The van der Waals surface area contributed by atoms with Crippen molar-refractivity contribution >= 4 is 0 Å². The van der Waals surface area contributed by atoms with E-state index in [0.717, 1.165) is 12.3 Å². The lowest BCUT2D eigenvalue weighted by Crippen LogP contribution is -2.58. The fourth-order valence-electron chi connectivity index (χ4n) is 4.68. The number of hydrogen-bond acceptors (Lipinski definition) is 2. The molecule has 22 heavy (non-hydrogen) atoms. The average molecular weight is 301 g/mol. The molecule has 1 saturated heterocycles. The maximum atomic E-state index is 9.90. The van der Waals surface area contributed by atoms with Gasteiger partial charge in [0.2, 0.25) is 0 Å². The molecule has 1 aliphatic carbocycles. The van der Waals surface area contributed by atoms with Gasteiger partial charge in [-0.25, -0.2) is 0 Å². The van der Waals surface area contributed by atoms with Gasteiger partial charge in [0.15, 0.2) is 0 Å². The summed E-state index contributed by atoms with van der Waals surface area (Å²) in [4.78, 5) is 2.74. The van der Waals surface area contributed by atoms with E-state index in [9.17, 15) is 5.11 Å². The Labute approximate surface area is 135 Å². The summed E-state index contributed by atoms with van der Waals surface area (Å²) in [5, 5.41) is 9.90. The summed E-state index contributed by atoms with van der Waals surface area (Å²) in [5.41, 5.74) is 3.08. The number of fused-ring (bicyclic) bond motifs is 4. The van der Waals surface area contributed by atoms with Crippen molar-refractivity contribution in [2.45, 2.75) is 64.8 Å². The summed E-state index contributed by atoms with van der Waals surface area (Å²) in [6.45, 7) is 11.9. The average Bonchev–Trinajstić information content (AvgIpc) is 2.46. The van der Waals surface area contributed by atoms with Gasteiger partial charge >= 0.3 is 0 Å². The Morgan fingerprint density at radius 3 is 2.86 bits per heavy atom.